The molecule has 1 aliphatic rings. The molecule has 3 heterocycles. The fraction of sp³-hybridized carbons (Fsp3) is 0.429. The van der Waals surface area contributed by atoms with E-state index in [2.05, 4.69) is 33.9 Å². The van der Waals surface area contributed by atoms with Crippen LogP contribution in [0.1, 0.15) is 17.7 Å². The van der Waals surface area contributed by atoms with Crippen LogP contribution in [0.25, 0.3) is 10.6 Å². The lowest BCUT2D eigenvalue weighted by Gasteiger charge is -2.30. The van der Waals surface area contributed by atoms with Gasteiger partial charge in [0.2, 0.25) is 5.95 Å². The summed E-state index contributed by atoms with van der Waals surface area (Å²) in [5, 5.41) is 0. The predicted octanol–water partition coefficient (Wildman–Crippen LogP) is 2.44. The fourth-order valence-corrected chi connectivity index (χ4v) is 3.15. The molecule has 4 nitrogen and oxygen atoms in total. The average Bonchev–Trinajstić information content (AvgIpc) is 2.86. The Morgan fingerprint density at radius 2 is 2.05 bits per heavy atom. The second-order valence-electron chi connectivity index (χ2n) is 4.98. The van der Waals surface area contributed by atoms with Gasteiger partial charge in [-0.2, -0.15) is 0 Å². The first-order valence-electron chi connectivity index (χ1n) is 6.63. The largest absolute Gasteiger partial charge is 0.341 e. The average molecular weight is 274 g/mol. The predicted molar refractivity (Wildman–Crippen MR) is 79.5 cm³/mol. The Kier molecular flexibility index (Phi) is 3.48. The second kappa shape index (κ2) is 5.27. The summed E-state index contributed by atoms with van der Waals surface area (Å²) in [6.07, 6.45) is 3.89. The molecule has 0 amide bonds. The van der Waals surface area contributed by atoms with E-state index in [1.807, 2.05) is 12.3 Å². The zero-order valence-corrected chi connectivity index (χ0v) is 11.9. The lowest BCUT2D eigenvalue weighted by Crippen LogP contribution is -2.40. The van der Waals surface area contributed by atoms with Crippen LogP contribution in [0.15, 0.2) is 24.4 Å². The van der Waals surface area contributed by atoms with Crippen molar-refractivity contribution in [3.05, 3.63) is 29.3 Å². The van der Waals surface area contributed by atoms with Crippen molar-refractivity contribution in [3.8, 4) is 10.6 Å². The molecule has 0 aliphatic carbocycles. The van der Waals surface area contributed by atoms with E-state index in [1.165, 1.54) is 9.75 Å². The number of rotatable bonds is 2. The van der Waals surface area contributed by atoms with Gasteiger partial charge in [-0.15, -0.1) is 11.3 Å². The third-order valence-corrected chi connectivity index (χ3v) is 4.48. The first-order chi connectivity index (χ1) is 9.22. The molecule has 1 saturated heterocycles. The summed E-state index contributed by atoms with van der Waals surface area (Å²) in [7, 11) is 0. The van der Waals surface area contributed by atoms with E-state index in [-0.39, 0.29) is 0 Å². The molecule has 0 saturated carbocycles. The van der Waals surface area contributed by atoms with Crippen LogP contribution < -0.4 is 10.6 Å². The van der Waals surface area contributed by atoms with Crippen molar-refractivity contribution in [2.24, 2.45) is 5.73 Å². The summed E-state index contributed by atoms with van der Waals surface area (Å²) in [6.45, 7) is 4.02. The van der Waals surface area contributed by atoms with Crippen LogP contribution in [0.2, 0.25) is 0 Å². The third kappa shape index (κ3) is 2.77. The Balaban J connectivity index is 1.84. The maximum atomic E-state index is 5.93. The van der Waals surface area contributed by atoms with Gasteiger partial charge in [-0.1, -0.05) is 0 Å². The molecule has 2 aromatic heterocycles. The summed E-state index contributed by atoms with van der Waals surface area (Å²) in [5.74, 6) is 0.829. The SMILES string of the molecule is Cc1ccc(-c2ccnc(N3CCC(N)CC3)n2)s1. The van der Waals surface area contributed by atoms with Gasteiger partial charge in [0.05, 0.1) is 10.6 Å². The van der Waals surface area contributed by atoms with Gasteiger partial charge in [-0.05, 0) is 38.0 Å². The lowest BCUT2D eigenvalue weighted by molar-refractivity contribution is 0.495. The molecule has 0 spiro atoms. The smallest absolute Gasteiger partial charge is 0.225 e. The number of hydrogen-bond acceptors (Lipinski definition) is 5. The van der Waals surface area contributed by atoms with Gasteiger partial charge in [0.1, 0.15) is 0 Å². The van der Waals surface area contributed by atoms with Crippen molar-refractivity contribution in [2.45, 2.75) is 25.8 Å². The molecule has 0 bridgehead atoms. The number of anilines is 1. The van der Waals surface area contributed by atoms with E-state index in [0.717, 1.165) is 37.6 Å². The van der Waals surface area contributed by atoms with Crippen molar-refractivity contribution < 1.29 is 0 Å². The number of nitrogens with zero attached hydrogens (tertiary/aromatic N) is 3. The molecule has 0 radical (unpaired) electrons. The molecule has 0 aromatic carbocycles. The molecule has 1 aliphatic heterocycles. The summed E-state index contributed by atoms with van der Waals surface area (Å²) < 4.78 is 0. The number of aromatic nitrogens is 2. The molecule has 100 valence electrons. The Labute approximate surface area is 117 Å². The molecule has 19 heavy (non-hydrogen) atoms. The number of piperidine rings is 1. The minimum atomic E-state index is 0.333. The minimum absolute atomic E-state index is 0.333. The molecular formula is C14H18N4S. The van der Waals surface area contributed by atoms with Gasteiger partial charge < -0.3 is 10.6 Å². The molecule has 2 aromatic rings. The molecule has 1 fully saturated rings. The van der Waals surface area contributed by atoms with Gasteiger partial charge in [0.15, 0.2) is 0 Å². The van der Waals surface area contributed by atoms with Gasteiger partial charge in [0.25, 0.3) is 0 Å². The van der Waals surface area contributed by atoms with Gasteiger partial charge in [0, 0.05) is 30.2 Å². The van der Waals surface area contributed by atoms with Crippen LogP contribution in [0.3, 0.4) is 0 Å². The van der Waals surface area contributed by atoms with E-state index in [1.54, 1.807) is 11.3 Å². The maximum Gasteiger partial charge on any atom is 0.225 e. The zero-order valence-electron chi connectivity index (χ0n) is 11.0. The summed E-state index contributed by atoms with van der Waals surface area (Å²) in [6, 6.07) is 6.56. The third-order valence-electron chi connectivity index (χ3n) is 3.46. The normalized spacial score (nSPS) is 16.8. The molecule has 0 atom stereocenters. The standard InChI is InChI=1S/C14H18N4S/c1-10-2-3-13(19-10)12-4-7-16-14(17-12)18-8-5-11(15)6-9-18/h2-4,7,11H,5-6,8-9,15H2,1H3. The van der Waals surface area contributed by atoms with E-state index >= 15 is 0 Å². The van der Waals surface area contributed by atoms with E-state index in [4.69, 9.17) is 5.73 Å². The molecular weight excluding hydrogens is 256 g/mol. The minimum Gasteiger partial charge on any atom is -0.341 e. The van der Waals surface area contributed by atoms with E-state index in [9.17, 15) is 0 Å². The Bertz CT molecular complexity index is 558. The maximum absolute atomic E-state index is 5.93. The summed E-state index contributed by atoms with van der Waals surface area (Å²) in [5.41, 5.74) is 6.94. The Morgan fingerprint density at radius 3 is 2.74 bits per heavy atom. The monoisotopic (exact) mass is 274 g/mol. The van der Waals surface area contributed by atoms with Gasteiger partial charge >= 0.3 is 0 Å². The highest BCUT2D eigenvalue weighted by Crippen LogP contribution is 2.27. The van der Waals surface area contributed by atoms with Gasteiger partial charge in [-0.3, -0.25) is 0 Å². The van der Waals surface area contributed by atoms with Crippen LogP contribution >= 0.6 is 11.3 Å². The zero-order chi connectivity index (χ0) is 13.2. The lowest BCUT2D eigenvalue weighted by atomic mass is 10.1. The Morgan fingerprint density at radius 1 is 1.26 bits per heavy atom. The van der Waals surface area contributed by atoms with E-state index < -0.39 is 0 Å². The van der Waals surface area contributed by atoms with Gasteiger partial charge in [-0.25, -0.2) is 9.97 Å². The van der Waals surface area contributed by atoms with Crippen LogP contribution in [-0.4, -0.2) is 29.1 Å². The van der Waals surface area contributed by atoms with Crippen molar-refractivity contribution in [1.29, 1.82) is 0 Å². The summed E-state index contributed by atoms with van der Waals surface area (Å²) in [4.78, 5) is 13.8. The number of thiophene rings is 1. The highest BCUT2D eigenvalue weighted by molar-refractivity contribution is 7.15. The highest BCUT2D eigenvalue weighted by atomic mass is 32.1. The van der Waals surface area contributed by atoms with Crippen LogP contribution in [0, 0.1) is 6.92 Å². The number of nitrogens with two attached hydrogens (primary N) is 1. The van der Waals surface area contributed by atoms with E-state index in [0.29, 0.717) is 6.04 Å². The van der Waals surface area contributed by atoms with Crippen molar-refractivity contribution in [2.75, 3.05) is 18.0 Å². The van der Waals surface area contributed by atoms with Crippen molar-refractivity contribution in [1.82, 2.24) is 9.97 Å². The van der Waals surface area contributed by atoms with Crippen LogP contribution in [0.4, 0.5) is 5.95 Å². The number of aryl methyl sites for hydroxylation is 1. The number of hydrogen-bond donors (Lipinski definition) is 1. The quantitative estimate of drug-likeness (QED) is 0.914. The highest BCUT2D eigenvalue weighted by Gasteiger charge is 2.18. The van der Waals surface area contributed by atoms with Crippen molar-refractivity contribution in [3.63, 3.8) is 0 Å². The first kappa shape index (κ1) is 12.6. The molecule has 3 rings (SSSR count). The molecule has 5 heteroatoms. The Hall–Kier alpha value is -1.46. The van der Waals surface area contributed by atoms with Crippen molar-refractivity contribution >= 4 is 17.3 Å². The summed E-state index contributed by atoms with van der Waals surface area (Å²) >= 11 is 1.77. The molecule has 0 unspecified atom stereocenters. The fourth-order valence-electron chi connectivity index (χ4n) is 2.31. The molecule has 2 N–H and O–H groups in total. The topological polar surface area (TPSA) is 55.0 Å². The second-order valence-corrected chi connectivity index (χ2v) is 6.26. The van der Waals surface area contributed by atoms with Crippen LogP contribution in [-0.2, 0) is 0 Å². The van der Waals surface area contributed by atoms with Crippen LogP contribution in [0.5, 0.6) is 0 Å². The first-order valence-corrected chi connectivity index (χ1v) is 7.44.